The maximum Gasteiger partial charge on any atom is 0.239 e. The summed E-state index contributed by atoms with van der Waals surface area (Å²) in [5.74, 6) is 1.84. The van der Waals surface area contributed by atoms with Gasteiger partial charge in [-0.05, 0) is 51.0 Å². The molecule has 0 spiro atoms. The van der Waals surface area contributed by atoms with Crippen LogP contribution in [-0.2, 0) is 17.9 Å². The van der Waals surface area contributed by atoms with Crippen molar-refractivity contribution >= 4 is 11.9 Å². The molecule has 1 amide bonds. The molecule has 0 aromatic heterocycles. The van der Waals surface area contributed by atoms with Gasteiger partial charge in [-0.3, -0.25) is 4.79 Å². The third-order valence-electron chi connectivity index (χ3n) is 4.16. The SMILES string of the molecule is CCNC(=NCc1ccc(OCc2ccccc2)c(OC)c1)NCC(=O)NC(C)(C)C. The van der Waals surface area contributed by atoms with E-state index in [9.17, 15) is 4.79 Å². The van der Waals surface area contributed by atoms with Gasteiger partial charge in [0.15, 0.2) is 17.5 Å². The van der Waals surface area contributed by atoms with Gasteiger partial charge in [0.25, 0.3) is 0 Å². The number of hydrogen-bond acceptors (Lipinski definition) is 4. The number of aliphatic imine (C=N–C) groups is 1. The Morgan fingerprint density at radius 1 is 1.00 bits per heavy atom. The Labute approximate surface area is 185 Å². The number of carbonyl (C=O) groups is 1. The Morgan fingerprint density at radius 2 is 1.74 bits per heavy atom. The van der Waals surface area contributed by atoms with Crippen molar-refractivity contribution in [2.45, 2.75) is 46.4 Å². The van der Waals surface area contributed by atoms with E-state index < -0.39 is 0 Å². The highest BCUT2D eigenvalue weighted by Gasteiger charge is 2.13. The van der Waals surface area contributed by atoms with Crippen molar-refractivity contribution < 1.29 is 14.3 Å². The van der Waals surface area contributed by atoms with Crippen LogP contribution in [0.1, 0.15) is 38.8 Å². The molecule has 0 atom stereocenters. The Hall–Kier alpha value is -3.22. The molecule has 0 unspecified atom stereocenters. The molecule has 3 N–H and O–H groups in total. The van der Waals surface area contributed by atoms with E-state index in [0.717, 1.165) is 11.1 Å². The van der Waals surface area contributed by atoms with Crippen molar-refractivity contribution in [3.63, 3.8) is 0 Å². The van der Waals surface area contributed by atoms with Crippen molar-refractivity contribution in [2.75, 3.05) is 20.2 Å². The minimum absolute atomic E-state index is 0.0836. The first-order valence-corrected chi connectivity index (χ1v) is 10.5. The zero-order chi connectivity index (χ0) is 22.7. The van der Waals surface area contributed by atoms with E-state index in [1.807, 2.05) is 76.2 Å². The summed E-state index contributed by atoms with van der Waals surface area (Å²) >= 11 is 0. The molecule has 2 aromatic rings. The van der Waals surface area contributed by atoms with Crippen molar-refractivity contribution in [3.8, 4) is 11.5 Å². The normalized spacial score (nSPS) is 11.6. The maximum absolute atomic E-state index is 12.0. The maximum atomic E-state index is 12.0. The average molecular weight is 427 g/mol. The Morgan fingerprint density at radius 3 is 2.39 bits per heavy atom. The van der Waals surface area contributed by atoms with Crippen LogP contribution in [0.4, 0.5) is 0 Å². The first kappa shape index (κ1) is 24.1. The van der Waals surface area contributed by atoms with Gasteiger partial charge >= 0.3 is 0 Å². The first-order chi connectivity index (χ1) is 14.8. The Kier molecular flexibility index (Phi) is 9.18. The van der Waals surface area contributed by atoms with Crippen molar-refractivity contribution in [1.82, 2.24) is 16.0 Å². The van der Waals surface area contributed by atoms with Crippen LogP contribution in [-0.4, -0.2) is 37.6 Å². The van der Waals surface area contributed by atoms with Crippen LogP contribution in [0.3, 0.4) is 0 Å². The van der Waals surface area contributed by atoms with Gasteiger partial charge in [-0.25, -0.2) is 4.99 Å². The van der Waals surface area contributed by atoms with Crippen molar-refractivity contribution in [2.24, 2.45) is 4.99 Å². The summed E-state index contributed by atoms with van der Waals surface area (Å²) in [4.78, 5) is 16.6. The van der Waals surface area contributed by atoms with E-state index in [1.54, 1.807) is 7.11 Å². The molecule has 7 heteroatoms. The number of rotatable bonds is 9. The molecule has 7 nitrogen and oxygen atoms in total. The van der Waals surface area contributed by atoms with E-state index >= 15 is 0 Å². The van der Waals surface area contributed by atoms with Crippen LogP contribution in [0.5, 0.6) is 11.5 Å². The summed E-state index contributed by atoms with van der Waals surface area (Å²) in [6.45, 7) is 9.58. The highest BCUT2D eigenvalue weighted by Crippen LogP contribution is 2.29. The van der Waals surface area contributed by atoms with Gasteiger partial charge in [0.1, 0.15) is 6.61 Å². The van der Waals surface area contributed by atoms with Gasteiger partial charge in [0.05, 0.1) is 20.2 Å². The van der Waals surface area contributed by atoms with Crippen LogP contribution >= 0.6 is 0 Å². The molecule has 0 saturated heterocycles. The molecule has 0 fully saturated rings. The molecule has 0 saturated carbocycles. The predicted molar refractivity (Wildman–Crippen MR) is 124 cm³/mol. The summed E-state index contributed by atoms with van der Waals surface area (Å²) < 4.78 is 11.4. The molecule has 31 heavy (non-hydrogen) atoms. The van der Waals surface area contributed by atoms with Crippen molar-refractivity contribution in [3.05, 3.63) is 59.7 Å². The molecule has 0 heterocycles. The minimum Gasteiger partial charge on any atom is -0.493 e. The minimum atomic E-state index is -0.269. The Bertz CT molecular complexity index is 861. The molecule has 168 valence electrons. The second kappa shape index (κ2) is 11.8. The van der Waals surface area contributed by atoms with E-state index in [1.165, 1.54) is 0 Å². The zero-order valence-electron chi connectivity index (χ0n) is 19.1. The number of guanidine groups is 1. The summed E-state index contributed by atoms with van der Waals surface area (Å²) in [5.41, 5.74) is 1.80. The smallest absolute Gasteiger partial charge is 0.239 e. The topological polar surface area (TPSA) is 84.0 Å². The van der Waals surface area contributed by atoms with Gasteiger partial charge in [-0.2, -0.15) is 0 Å². The number of benzene rings is 2. The van der Waals surface area contributed by atoms with Crippen molar-refractivity contribution in [1.29, 1.82) is 0 Å². The molecule has 0 aliphatic rings. The standard InChI is InChI=1S/C24H34N4O3/c1-6-25-23(27-16-22(29)28-24(2,3)4)26-15-19-12-13-20(21(14-19)30-5)31-17-18-10-8-7-9-11-18/h7-14H,6,15-17H2,1-5H3,(H,28,29)(H2,25,26,27). The summed E-state index contributed by atoms with van der Waals surface area (Å²) in [6, 6.07) is 15.8. The number of nitrogens with zero attached hydrogens (tertiary/aromatic N) is 1. The highest BCUT2D eigenvalue weighted by atomic mass is 16.5. The summed E-state index contributed by atoms with van der Waals surface area (Å²) in [7, 11) is 1.62. The van der Waals surface area contributed by atoms with E-state index in [4.69, 9.17) is 9.47 Å². The van der Waals surface area contributed by atoms with Crippen LogP contribution in [0.25, 0.3) is 0 Å². The average Bonchev–Trinajstić information content (AvgIpc) is 2.74. The first-order valence-electron chi connectivity index (χ1n) is 10.5. The fourth-order valence-electron chi connectivity index (χ4n) is 2.80. The van der Waals surface area contributed by atoms with E-state index in [-0.39, 0.29) is 18.0 Å². The lowest BCUT2D eigenvalue weighted by Crippen LogP contribution is -2.48. The predicted octanol–water partition coefficient (Wildman–Crippen LogP) is 3.24. The molecule has 0 aliphatic heterocycles. The third-order valence-corrected chi connectivity index (χ3v) is 4.16. The summed E-state index contributed by atoms with van der Waals surface area (Å²) in [6.07, 6.45) is 0. The zero-order valence-corrected chi connectivity index (χ0v) is 19.1. The van der Waals surface area contributed by atoms with Crippen LogP contribution in [0.15, 0.2) is 53.5 Å². The Balaban J connectivity index is 1.98. The van der Waals surface area contributed by atoms with E-state index in [0.29, 0.717) is 37.2 Å². The number of methoxy groups -OCH3 is 1. The van der Waals surface area contributed by atoms with Gasteiger partial charge in [0, 0.05) is 12.1 Å². The highest BCUT2D eigenvalue weighted by molar-refractivity contribution is 5.86. The third kappa shape index (κ3) is 8.99. The van der Waals surface area contributed by atoms with Crippen LogP contribution < -0.4 is 25.4 Å². The monoisotopic (exact) mass is 426 g/mol. The second-order valence-corrected chi connectivity index (χ2v) is 8.11. The second-order valence-electron chi connectivity index (χ2n) is 8.11. The number of carbonyl (C=O) groups excluding carboxylic acids is 1. The van der Waals surface area contributed by atoms with Gasteiger partial charge < -0.3 is 25.4 Å². The number of hydrogen-bond donors (Lipinski definition) is 3. The van der Waals surface area contributed by atoms with Crippen LogP contribution in [0, 0.1) is 0 Å². The molecular formula is C24H34N4O3. The molecule has 2 rings (SSSR count). The lowest BCUT2D eigenvalue weighted by molar-refractivity contribution is -0.121. The molecule has 0 radical (unpaired) electrons. The molecule has 2 aromatic carbocycles. The molecule has 0 bridgehead atoms. The van der Waals surface area contributed by atoms with Gasteiger partial charge in [-0.1, -0.05) is 36.4 Å². The number of amides is 1. The van der Waals surface area contributed by atoms with Gasteiger partial charge in [0.2, 0.25) is 5.91 Å². The fourth-order valence-corrected chi connectivity index (χ4v) is 2.80. The quantitative estimate of drug-likeness (QED) is 0.423. The largest absolute Gasteiger partial charge is 0.493 e. The number of ether oxygens (including phenoxy) is 2. The molecule has 0 aliphatic carbocycles. The molecular weight excluding hydrogens is 392 g/mol. The lowest BCUT2D eigenvalue weighted by atomic mass is 10.1. The lowest BCUT2D eigenvalue weighted by Gasteiger charge is -2.21. The van der Waals surface area contributed by atoms with Crippen LogP contribution in [0.2, 0.25) is 0 Å². The summed E-state index contributed by atoms with van der Waals surface area (Å²) in [5, 5.41) is 9.14. The van der Waals surface area contributed by atoms with E-state index in [2.05, 4.69) is 20.9 Å². The fraction of sp³-hybridized carbons (Fsp3) is 0.417. The van der Waals surface area contributed by atoms with Gasteiger partial charge in [-0.15, -0.1) is 0 Å². The number of nitrogens with one attached hydrogen (secondary N) is 3.